The van der Waals surface area contributed by atoms with Gasteiger partial charge in [0, 0.05) is 28.0 Å². The number of nitrogens with zero attached hydrogens (tertiary/aromatic N) is 2. The van der Waals surface area contributed by atoms with Gasteiger partial charge < -0.3 is 10.1 Å². The zero-order valence-corrected chi connectivity index (χ0v) is 15.3. The third-order valence-corrected chi connectivity index (χ3v) is 4.48. The molecular formula is C21H16ClN3O2. The summed E-state index contributed by atoms with van der Waals surface area (Å²) in [4.78, 5) is 16.7. The number of hydrogen-bond donors (Lipinski definition) is 1. The summed E-state index contributed by atoms with van der Waals surface area (Å²) in [6, 6.07) is 20.2. The molecule has 0 saturated heterocycles. The third-order valence-electron chi connectivity index (χ3n) is 4.24. The van der Waals surface area contributed by atoms with Crippen LogP contribution >= 0.6 is 11.6 Å². The van der Waals surface area contributed by atoms with E-state index >= 15 is 0 Å². The van der Waals surface area contributed by atoms with Crippen LogP contribution in [-0.2, 0) is 0 Å². The average molecular weight is 378 g/mol. The topological polar surface area (TPSA) is 56.1 Å². The van der Waals surface area contributed by atoms with Crippen molar-refractivity contribution in [1.82, 2.24) is 9.55 Å². The number of nitrogens with one attached hydrogen (secondary N) is 1. The molecule has 1 N–H and O–H groups in total. The molecule has 6 heteroatoms. The summed E-state index contributed by atoms with van der Waals surface area (Å²) >= 11 is 5.94. The number of anilines is 1. The van der Waals surface area contributed by atoms with Crippen LogP contribution in [0, 0.1) is 0 Å². The number of carbonyl (C=O) groups excluding carboxylic acids is 1. The van der Waals surface area contributed by atoms with E-state index < -0.39 is 0 Å². The number of rotatable bonds is 4. The van der Waals surface area contributed by atoms with Crippen molar-refractivity contribution < 1.29 is 9.53 Å². The summed E-state index contributed by atoms with van der Waals surface area (Å²) in [5.41, 5.74) is 4.00. The predicted molar refractivity (Wildman–Crippen MR) is 107 cm³/mol. The van der Waals surface area contributed by atoms with Gasteiger partial charge in [0.25, 0.3) is 5.91 Å². The van der Waals surface area contributed by atoms with Gasteiger partial charge in [-0.2, -0.15) is 0 Å². The van der Waals surface area contributed by atoms with Crippen molar-refractivity contribution >= 4 is 34.2 Å². The fourth-order valence-corrected chi connectivity index (χ4v) is 3.05. The molecule has 0 atom stereocenters. The third kappa shape index (κ3) is 3.50. The Bertz CT molecular complexity index is 1120. The molecule has 5 nitrogen and oxygen atoms in total. The Morgan fingerprint density at radius 1 is 1.07 bits per heavy atom. The quantitative estimate of drug-likeness (QED) is 0.548. The van der Waals surface area contributed by atoms with Gasteiger partial charge in [0.05, 0.1) is 18.1 Å². The lowest BCUT2D eigenvalue weighted by atomic mass is 10.2. The lowest BCUT2D eigenvalue weighted by molar-refractivity contribution is 0.102. The van der Waals surface area contributed by atoms with E-state index in [4.69, 9.17) is 16.3 Å². The number of methoxy groups -OCH3 is 1. The van der Waals surface area contributed by atoms with E-state index in [2.05, 4.69) is 10.3 Å². The van der Waals surface area contributed by atoms with E-state index in [0.29, 0.717) is 16.3 Å². The van der Waals surface area contributed by atoms with Crippen LogP contribution in [0.2, 0.25) is 5.02 Å². The van der Waals surface area contributed by atoms with Crippen molar-refractivity contribution in [3.05, 3.63) is 83.6 Å². The largest absolute Gasteiger partial charge is 0.497 e. The molecule has 0 spiro atoms. The van der Waals surface area contributed by atoms with Gasteiger partial charge in [-0.1, -0.05) is 17.7 Å². The summed E-state index contributed by atoms with van der Waals surface area (Å²) < 4.78 is 7.22. The Labute approximate surface area is 161 Å². The minimum atomic E-state index is -0.203. The zero-order valence-electron chi connectivity index (χ0n) is 14.5. The number of amides is 1. The molecule has 1 aromatic heterocycles. The summed E-state index contributed by atoms with van der Waals surface area (Å²) in [7, 11) is 1.63. The van der Waals surface area contributed by atoms with Crippen LogP contribution in [0.15, 0.2) is 73.1 Å². The van der Waals surface area contributed by atoms with E-state index in [1.807, 2.05) is 47.0 Å². The minimum absolute atomic E-state index is 0.203. The first kappa shape index (κ1) is 17.1. The van der Waals surface area contributed by atoms with Gasteiger partial charge in [-0.3, -0.25) is 9.36 Å². The lowest BCUT2D eigenvalue weighted by Gasteiger charge is -2.08. The Morgan fingerprint density at radius 3 is 2.63 bits per heavy atom. The highest BCUT2D eigenvalue weighted by molar-refractivity contribution is 6.31. The summed E-state index contributed by atoms with van der Waals surface area (Å²) in [5.74, 6) is 0.567. The zero-order chi connectivity index (χ0) is 18.8. The molecule has 134 valence electrons. The highest BCUT2D eigenvalue weighted by atomic mass is 35.5. The molecule has 3 aromatic carbocycles. The number of fused-ring (bicyclic) bond motifs is 1. The first-order valence-corrected chi connectivity index (χ1v) is 8.70. The molecule has 0 bridgehead atoms. The highest BCUT2D eigenvalue weighted by Gasteiger charge is 2.08. The van der Waals surface area contributed by atoms with Crippen LogP contribution in [0.4, 0.5) is 5.69 Å². The van der Waals surface area contributed by atoms with Gasteiger partial charge in [-0.05, 0) is 54.6 Å². The maximum Gasteiger partial charge on any atom is 0.255 e. The van der Waals surface area contributed by atoms with Gasteiger partial charge in [0.2, 0.25) is 0 Å². The van der Waals surface area contributed by atoms with Crippen molar-refractivity contribution in [3.63, 3.8) is 0 Å². The predicted octanol–water partition coefficient (Wildman–Crippen LogP) is 4.94. The second-order valence-corrected chi connectivity index (χ2v) is 6.42. The van der Waals surface area contributed by atoms with Crippen molar-refractivity contribution in [2.75, 3.05) is 12.4 Å². The molecule has 0 aliphatic carbocycles. The van der Waals surface area contributed by atoms with E-state index in [1.165, 1.54) is 0 Å². The standard InChI is InChI=1S/C21H16ClN3O2/c1-27-18-9-10-20-19(12-18)23-13-25(20)17-7-5-16(6-8-17)24-21(26)14-3-2-4-15(22)11-14/h2-13H,1H3,(H,24,26). The lowest BCUT2D eigenvalue weighted by Crippen LogP contribution is -2.11. The molecule has 0 unspecified atom stereocenters. The molecular weight excluding hydrogens is 362 g/mol. The van der Waals surface area contributed by atoms with Gasteiger partial charge >= 0.3 is 0 Å². The Balaban J connectivity index is 1.56. The van der Waals surface area contributed by atoms with E-state index in [1.54, 1.807) is 37.7 Å². The van der Waals surface area contributed by atoms with Crippen LogP contribution in [0.3, 0.4) is 0 Å². The fraction of sp³-hybridized carbons (Fsp3) is 0.0476. The van der Waals surface area contributed by atoms with Gasteiger partial charge in [0.1, 0.15) is 12.1 Å². The van der Waals surface area contributed by atoms with Crippen LogP contribution in [0.1, 0.15) is 10.4 Å². The number of benzene rings is 3. The van der Waals surface area contributed by atoms with Crippen LogP contribution < -0.4 is 10.1 Å². The van der Waals surface area contributed by atoms with Crippen molar-refractivity contribution in [3.8, 4) is 11.4 Å². The molecule has 4 rings (SSSR count). The maximum absolute atomic E-state index is 12.3. The Morgan fingerprint density at radius 2 is 1.89 bits per heavy atom. The van der Waals surface area contributed by atoms with Crippen molar-refractivity contribution in [2.24, 2.45) is 0 Å². The number of halogens is 1. The summed E-state index contributed by atoms with van der Waals surface area (Å²) in [5, 5.41) is 3.40. The summed E-state index contributed by atoms with van der Waals surface area (Å²) in [6.45, 7) is 0. The minimum Gasteiger partial charge on any atom is -0.497 e. The molecule has 0 aliphatic heterocycles. The highest BCUT2D eigenvalue weighted by Crippen LogP contribution is 2.23. The smallest absolute Gasteiger partial charge is 0.255 e. The van der Waals surface area contributed by atoms with E-state index in [-0.39, 0.29) is 5.91 Å². The number of hydrogen-bond acceptors (Lipinski definition) is 3. The van der Waals surface area contributed by atoms with E-state index in [0.717, 1.165) is 22.5 Å². The summed E-state index contributed by atoms with van der Waals surface area (Å²) in [6.07, 6.45) is 1.77. The number of aromatic nitrogens is 2. The average Bonchev–Trinajstić information content (AvgIpc) is 3.11. The van der Waals surface area contributed by atoms with Gasteiger partial charge in [0.15, 0.2) is 0 Å². The monoisotopic (exact) mass is 377 g/mol. The van der Waals surface area contributed by atoms with Crippen LogP contribution in [0.5, 0.6) is 5.75 Å². The molecule has 27 heavy (non-hydrogen) atoms. The van der Waals surface area contributed by atoms with E-state index in [9.17, 15) is 4.79 Å². The molecule has 1 amide bonds. The second-order valence-electron chi connectivity index (χ2n) is 5.98. The molecule has 0 aliphatic rings. The van der Waals surface area contributed by atoms with Crippen molar-refractivity contribution in [1.29, 1.82) is 0 Å². The molecule has 0 radical (unpaired) electrons. The van der Waals surface area contributed by atoms with Gasteiger partial charge in [-0.15, -0.1) is 0 Å². The number of ether oxygens (including phenoxy) is 1. The number of imidazole rings is 1. The van der Waals surface area contributed by atoms with Crippen LogP contribution in [0.25, 0.3) is 16.7 Å². The second kappa shape index (κ2) is 7.13. The fourth-order valence-electron chi connectivity index (χ4n) is 2.86. The van der Waals surface area contributed by atoms with Gasteiger partial charge in [-0.25, -0.2) is 4.98 Å². The first-order chi connectivity index (χ1) is 13.1. The van der Waals surface area contributed by atoms with Crippen LogP contribution in [-0.4, -0.2) is 22.6 Å². The maximum atomic E-state index is 12.3. The Kier molecular flexibility index (Phi) is 4.52. The molecule has 0 saturated carbocycles. The molecule has 0 fully saturated rings. The number of carbonyl (C=O) groups is 1. The molecule has 4 aromatic rings. The van der Waals surface area contributed by atoms with Crippen molar-refractivity contribution in [2.45, 2.75) is 0 Å². The SMILES string of the molecule is COc1ccc2c(c1)ncn2-c1ccc(NC(=O)c2cccc(Cl)c2)cc1. The Hall–Kier alpha value is -3.31. The molecule has 1 heterocycles. The normalized spacial score (nSPS) is 10.7. The first-order valence-electron chi connectivity index (χ1n) is 8.32.